The van der Waals surface area contributed by atoms with Crippen LogP contribution in [0.2, 0.25) is 0 Å². The number of rotatable bonds is 3. The number of hydrogen-bond donors (Lipinski definition) is 6. The first-order valence-corrected chi connectivity index (χ1v) is 5.26. The maximum Gasteiger partial charge on any atom is 0.273 e. The molecule has 2 heterocycles. The number of hydrogen-bond acceptors (Lipinski definition) is 7. The summed E-state index contributed by atoms with van der Waals surface area (Å²) in [6.07, 6.45) is -3.40. The third-order valence-corrected chi connectivity index (χ3v) is 2.71. The van der Waals surface area contributed by atoms with Crippen molar-refractivity contribution in [2.24, 2.45) is 0 Å². The SMILES string of the molecule is Nc1nc[nH]c1C(=O)N[C@H]1O[C@H](CO)[C@@H](O)[C@H]1O. The van der Waals surface area contributed by atoms with Gasteiger partial charge in [-0.25, -0.2) is 4.98 Å². The predicted octanol–water partition coefficient (Wildman–Crippen LogP) is -2.84. The van der Waals surface area contributed by atoms with Gasteiger partial charge in [-0.05, 0) is 0 Å². The zero-order chi connectivity index (χ0) is 13.3. The predicted molar refractivity (Wildman–Crippen MR) is 58.2 cm³/mol. The molecule has 18 heavy (non-hydrogen) atoms. The van der Waals surface area contributed by atoms with Crippen molar-refractivity contribution in [3.05, 3.63) is 12.0 Å². The summed E-state index contributed by atoms with van der Waals surface area (Å²) in [5, 5.41) is 30.3. The highest BCUT2D eigenvalue weighted by molar-refractivity contribution is 5.96. The van der Waals surface area contributed by atoms with Crippen molar-refractivity contribution in [1.82, 2.24) is 15.3 Å². The zero-order valence-electron chi connectivity index (χ0n) is 9.28. The molecule has 1 aliphatic heterocycles. The van der Waals surface area contributed by atoms with Gasteiger partial charge in [-0.1, -0.05) is 0 Å². The number of ether oxygens (including phenoxy) is 1. The molecule has 0 bridgehead atoms. The van der Waals surface area contributed by atoms with Crippen molar-refractivity contribution in [3.63, 3.8) is 0 Å². The highest BCUT2D eigenvalue weighted by Crippen LogP contribution is 2.19. The van der Waals surface area contributed by atoms with E-state index in [1.165, 1.54) is 6.33 Å². The summed E-state index contributed by atoms with van der Waals surface area (Å²) < 4.78 is 5.09. The van der Waals surface area contributed by atoms with Gasteiger partial charge in [-0.15, -0.1) is 0 Å². The Labute approximate surface area is 102 Å². The number of aliphatic hydroxyl groups excluding tert-OH is 3. The molecule has 1 aromatic heterocycles. The molecule has 1 aliphatic rings. The fourth-order valence-electron chi connectivity index (χ4n) is 1.71. The van der Waals surface area contributed by atoms with Gasteiger partial charge in [0.2, 0.25) is 0 Å². The maximum atomic E-state index is 11.7. The number of H-pyrrole nitrogens is 1. The number of aliphatic hydroxyl groups is 3. The maximum absolute atomic E-state index is 11.7. The van der Waals surface area contributed by atoms with E-state index in [4.69, 9.17) is 15.6 Å². The highest BCUT2D eigenvalue weighted by atomic mass is 16.6. The number of nitrogens with one attached hydrogen (secondary N) is 2. The molecule has 0 radical (unpaired) electrons. The lowest BCUT2D eigenvalue weighted by molar-refractivity contribution is -0.0304. The number of imidazole rings is 1. The van der Waals surface area contributed by atoms with Crippen molar-refractivity contribution in [1.29, 1.82) is 0 Å². The Morgan fingerprint density at radius 3 is 2.78 bits per heavy atom. The molecule has 0 saturated carbocycles. The quantitative estimate of drug-likeness (QED) is 0.341. The minimum Gasteiger partial charge on any atom is -0.394 e. The lowest BCUT2D eigenvalue weighted by atomic mass is 10.1. The van der Waals surface area contributed by atoms with Gasteiger partial charge in [0, 0.05) is 0 Å². The smallest absolute Gasteiger partial charge is 0.273 e. The lowest BCUT2D eigenvalue weighted by Crippen LogP contribution is -2.44. The molecular formula is C9H14N4O5. The average molecular weight is 258 g/mol. The van der Waals surface area contributed by atoms with E-state index in [0.717, 1.165) is 0 Å². The number of anilines is 1. The van der Waals surface area contributed by atoms with Crippen LogP contribution in [0.4, 0.5) is 5.82 Å². The molecule has 9 heteroatoms. The number of aromatic nitrogens is 2. The van der Waals surface area contributed by atoms with Gasteiger partial charge in [0.15, 0.2) is 12.0 Å². The number of aromatic amines is 1. The molecule has 0 spiro atoms. The van der Waals surface area contributed by atoms with E-state index in [9.17, 15) is 15.0 Å². The molecule has 7 N–H and O–H groups in total. The summed E-state index contributed by atoms with van der Waals surface area (Å²) in [6.45, 7) is -0.462. The van der Waals surface area contributed by atoms with Crippen LogP contribution in [0, 0.1) is 0 Å². The number of carbonyl (C=O) groups excluding carboxylic acids is 1. The van der Waals surface area contributed by atoms with Gasteiger partial charge < -0.3 is 36.1 Å². The summed E-state index contributed by atoms with van der Waals surface area (Å²) >= 11 is 0. The van der Waals surface area contributed by atoms with Crippen molar-refractivity contribution in [3.8, 4) is 0 Å². The highest BCUT2D eigenvalue weighted by Gasteiger charge is 2.43. The normalized spacial score (nSPS) is 31.5. The fraction of sp³-hybridized carbons (Fsp3) is 0.556. The standard InChI is InChI=1S/C9H14N4O5/c10-7-4(11-2-12-7)8(17)13-9-6(16)5(15)3(1-14)18-9/h2-3,5-6,9,14-16H,1,10H2,(H,11,12)(H,13,17)/t3-,5-,6-,9+/m1/s1. The van der Waals surface area contributed by atoms with Crippen molar-refractivity contribution >= 4 is 11.7 Å². The summed E-state index contributed by atoms with van der Waals surface area (Å²) in [6, 6.07) is 0. The number of nitrogen functional groups attached to an aromatic ring is 1. The van der Waals surface area contributed by atoms with Crippen LogP contribution in [0.25, 0.3) is 0 Å². The van der Waals surface area contributed by atoms with E-state index in [-0.39, 0.29) is 11.5 Å². The Hall–Kier alpha value is -1.68. The monoisotopic (exact) mass is 258 g/mol. The molecule has 100 valence electrons. The van der Waals surface area contributed by atoms with Gasteiger partial charge in [-0.3, -0.25) is 4.79 Å². The molecule has 1 amide bonds. The second-order valence-corrected chi connectivity index (χ2v) is 3.90. The van der Waals surface area contributed by atoms with Gasteiger partial charge in [0.25, 0.3) is 5.91 Å². The first-order chi connectivity index (χ1) is 8.54. The fourth-order valence-corrected chi connectivity index (χ4v) is 1.71. The summed E-state index contributed by atoms with van der Waals surface area (Å²) in [5.74, 6) is -0.612. The van der Waals surface area contributed by atoms with Crippen LogP contribution in [0.5, 0.6) is 0 Å². The van der Waals surface area contributed by atoms with Crippen LogP contribution in [-0.4, -0.2) is 62.3 Å². The van der Waals surface area contributed by atoms with Crippen LogP contribution in [0.3, 0.4) is 0 Å². The number of nitrogens with zero attached hydrogens (tertiary/aromatic N) is 1. The minimum absolute atomic E-state index is 0.0132. The van der Waals surface area contributed by atoms with Crippen LogP contribution in [0.15, 0.2) is 6.33 Å². The summed E-state index contributed by atoms with van der Waals surface area (Å²) in [5.41, 5.74) is 5.47. The van der Waals surface area contributed by atoms with Crippen molar-refractivity contribution in [2.75, 3.05) is 12.3 Å². The molecule has 0 unspecified atom stereocenters. The minimum atomic E-state index is -1.32. The van der Waals surface area contributed by atoms with E-state index in [1.54, 1.807) is 0 Å². The Kier molecular flexibility index (Phi) is 3.48. The van der Waals surface area contributed by atoms with E-state index in [2.05, 4.69) is 15.3 Å². The second kappa shape index (κ2) is 4.90. The second-order valence-electron chi connectivity index (χ2n) is 3.90. The van der Waals surface area contributed by atoms with Gasteiger partial charge in [0.05, 0.1) is 12.9 Å². The number of carbonyl (C=O) groups is 1. The van der Waals surface area contributed by atoms with E-state index in [0.29, 0.717) is 0 Å². The molecule has 4 atom stereocenters. The Morgan fingerprint density at radius 2 is 2.28 bits per heavy atom. The molecule has 1 aromatic rings. The summed E-state index contributed by atoms with van der Waals surface area (Å²) in [4.78, 5) is 17.9. The average Bonchev–Trinajstić information content (AvgIpc) is 2.88. The number of nitrogens with two attached hydrogens (primary N) is 1. The molecule has 9 nitrogen and oxygen atoms in total. The van der Waals surface area contributed by atoms with Gasteiger partial charge >= 0.3 is 0 Å². The molecule has 0 aliphatic carbocycles. The van der Waals surface area contributed by atoms with Crippen LogP contribution in [0.1, 0.15) is 10.5 Å². The molecule has 1 fully saturated rings. The Balaban J connectivity index is 2.03. The first kappa shape index (κ1) is 12.8. The van der Waals surface area contributed by atoms with Crippen molar-refractivity contribution < 1.29 is 24.9 Å². The molecule has 1 saturated heterocycles. The number of amides is 1. The third kappa shape index (κ3) is 2.16. The Morgan fingerprint density at radius 1 is 1.56 bits per heavy atom. The Bertz CT molecular complexity index is 436. The third-order valence-electron chi connectivity index (χ3n) is 2.71. The van der Waals surface area contributed by atoms with E-state index in [1.807, 2.05) is 0 Å². The zero-order valence-corrected chi connectivity index (χ0v) is 9.28. The van der Waals surface area contributed by atoms with E-state index >= 15 is 0 Å². The topological polar surface area (TPSA) is 154 Å². The van der Waals surface area contributed by atoms with E-state index < -0.39 is 37.1 Å². The largest absolute Gasteiger partial charge is 0.394 e. The van der Waals surface area contributed by atoms with Crippen LogP contribution >= 0.6 is 0 Å². The lowest BCUT2D eigenvalue weighted by Gasteiger charge is -2.15. The van der Waals surface area contributed by atoms with Gasteiger partial charge in [0.1, 0.15) is 24.0 Å². The van der Waals surface area contributed by atoms with Crippen LogP contribution < -0.4 is 11.1 Å². The van der Waals surface area contributed by atoms with Crippen LogP contribution in [-0.2, 0) is 4.74 Å². The molecule has 2 rings (SSSR count). The van der Waals surface area contributed by atoms with Gasteiger partial charge in [-0.2, -0.15) is 0 Å². The molecule has 0 aromatic carbocycles. The van der Waals surface area contributed by atoms with Crippen molar-refractivity contribution in [2.45, 2.75) is 24.5 Å². The first-order valence-electron chi connectivity index (χ1n) is 5.26. The summed E-state index contributed by atoms with van der Waals surface area (Å²) in [7, 11) is 0. The molecular weight excluding hydrogens is 244 g/mol.